The number of carbonyl (C=O) groups excluding carboxylic acids is 2. The third-order valence-corrected chi connectivity index (χ3v) is 1.25. The molecule has 0 N–H and O–H groups in total. The third-order valence-electron chi connectivity index (χ3n) is 1.25. The molecule has 0 spiro atoms. The van der Waals surface area contributed by atoms with Gasteiger partial charge in [-0.3, -0.25) is 0 Å². The van der Waals surface area contributed by atoms with Crippen LogP contribution in [0.1, 0.15) is 13.8 Å². The van der Waals surface area contributed by atoms with Crippen LogP contribution in [0.15, 0.2) is 90.1 Å². The molecule has 0 fully saturated rings. The summed E-state index contributed by atoms with van der Waals surface area (Å²) in [6.45, 7) is 40.0. The van der Waals surface area contributed by atoms with E-state index in [4.69, 9.17) is 0 Å². The molecule has 0 atom stereocenters. The Hall–Kier alpha value is -2.88. The summed E-state index contributed by atoms with van der Waals surface area (Å²) in [6, 6.07) is 0. The molecule has 0 radical (unpaired) electrons. The smallest absolute Gasteiger partial charge is 0.333 e. The highest BCUT2D eigenvalue weighted by atomic mass is 16.6. The molecule has 0 bridgehead atoms. The highest BCUT2D eigenvalue weighted by Crippen LogP contribution is 1.94. The lowest BCUT2D eigenvalue weighted by Crippen LogP contribution is -2.14. The molecule has 0 aromatic rings. The summed E-state index contributed by atoms with van der Waals surface area (Å²) >= 11 is 0. The average molecular weight is 338 g/mol. The number of hydrogen-bond donors (Lipinski definition) is 0. The van der Waals surface area contributed by atoms with Gasteiger partial charge in [0.25, 0.3) is 0 Å². The van der Waals surface area contributed by atoms with Gasteiger partial charge in [-0.1, -0.05) is 13.2 Å². The largest absolute Gasteiger partial charge is 0.459 e. The Kier molecular flexibility index (Phi) is 66.6. The maximum Gasteiger partial charge on any atom is 0.333 e. The molecule has 0 saturated carbocycles. The van der Waals surface area contributed by atoms with E-state index < -0.39 is 11.9 Å². The van der Waals surface area contributed by atoms with Crippen LogP contribution in [0.2, 0.25) is 0 Å². The molecule has 0 aliphatic carbocycles. The van der Waals surface area contributed by atoms with E-state index in [1.165, 1.54) is 0 Å². The van der Waals surface area contributed by atoms with Crippen molar-refractivity contribution in [3.05, 3.63) is 90.1 Å². The standard InChI is InChI=1S/C10H14O4.5C2H4/c1-7(2)9(11)13-5-6-14-10(12)8(3)4;5*1-2/h1,3,5-6H2,2,4H3;5*1-2H2. The molecule has 4 nitrogen and oxygen atoms in total. The Bertz CT molecular complexity index is 293. The van der Waals surface area contributed by atoms with Gasteiger partial charge in [0.05, 0.1) is 0 Å². The lowest BCUT2D eigenvalue weighted by molar-refractivity contribution is -0.147. The van der Waals surface area contributed by atoms with Gasteiger partial charge in [0.2, 0.25) is 0 Å². The van der Waals surface area contributed by atoms with E-state index in [0.717, 1.165) is 0 Å². The first-order valence-corrected chi connectivity index (χ1v) is 6.60. The normalized spacial score (nSPS) is 6.08. The van der Waals surface area contributed by atoms with Crippen LogP contribution >= 0.6 is 0 Å². The molecule has 0 aliphatic rings. The average Bonchev–Trinajstić information content (AvgIpc) is 2.66. The summed E-state index contributed by atoms with van der Waals surface area (Å²) in [5.74, 6) is -0.979. The molecule has 4 heteroatoms. The molecule has 0 aromatic carbocycles. The van der Waals surface area contributed by atoms with E-state index in [2.05, 4.69) is 88.4 Å². The fourth-order valence-corrected chi connectivity index (χ4v) is 0.515. The molecule has 0 amide bonds. The Morgan fingerprint density at radius 2 is 0.750 bits per heavy atom. The summed E-state index contributed by atoms with van der Waals surface area (Å²) in [6.07, 6.45) is 0. The van der Waals surface area contributed by atoms with Crippen molar-refractivity contribution in [2.45, 2.75) is 13.8 Å². The van der Waals surface area contributed by atoms with Crippen LogP contribution in [0.3, 0.4) is 0 Å². The maximum atomic E-state index is 10.8. The molecule has 0 saturated heterocycles. The topological polar surface area (TPSA) is 52.6 Å². The first-order chi connectivity index (χ1) is 11.4. The van der Waals surface area contributed by atoms with Gasteiger partial charge < -0.3 is 9.47 Å². The van der Waals surface area contributed by atoms with Gasteiger partial charge in [-0.25, -0.2) is 9.59 Å². The zero-order chi connectivity index (χ0) is 21.1. The number of rotatable bonds is 5. The van der Waals surface area contributed by atoms with Crippen molar-refractivity contribution in [3.8, 4) is 0 Å². The molecule has 0 aromatic heterocycles. The second-order valence-electron chi connectivity index (χ2n) is 2.83. The van der Waals surface area contributed by atoms with Crippen LogP contribution in [-0.4, -0.2) is 25.2 Å². The number of carbonyl (C=O) groups is 2. The van der Waals surface area contributed by atoms with Crippen molar-refractivity contribution >= 4 is 11.9 Å². The summed E-state index contributed by atoms with van der Waals surface area (Å²) < 4.78 is 9.38. The van der Waals surface area contributed by atoms with Crippen molar-refractivity contribution in [2.24, 2.45) is 0 Å². The van der Waals surface area contributed by atoms with E-state index in [0.29, 0.717) is 11.1 Å². The lowest BCUT2D eigenvalue weighted by Gasteiger charge is -2.05. The first kappa shape index (κ1) is 37.4. The van der Waals surface area contributed by atoms with E-state index in [9.17, 15) is 9.59 Å². The number of hydrogen-bond acceptors (Lipinski definition) is 4. The van der Waals surface area contributed by atoms with Gasteiger partial charge in [-0.05, 0) is 13.8 Å². The number of esters is 2. The van der Waals surface area contributed by atoms with Gasteiger partial charge in [0.1, 0.15) is 13.2 Å². The molecular formula is C20H34O4. The van der Waals surface area contributed by atoms with Gasteiger partial charge >= 0.3 is 11.9 Å². The molecule has 138 valence electrons. The van der Waals surface area contributed by atoms with Gasteiger partial charge in [-0.2, -0.15) is 0 Å². The fourth-order valence-electron chi connectivity index (χ4n) is 0.515. The van der Waals surface area contributed by atoms with Crippen LogP contribution in [-0.2, 0) is 19.1 Å². The van der Waals surface area contributed by atoms with Gasteiger partial charge in [0, 0.05) is 11.1 Å². The highest BCUT2D eigenvalue weighted by Gasteiger charge is 2.05. The maximum absolute atomic E-state index is 10.8. The second-order valence-corrected chi connectivity index (χ2v) is 2.83. The van der Waals surface area contributed by atoms with Crippen LogP contribution in [0.25, 0.3) is 0 Å². The monoisotopic (exact) mass is 338 g/mol. The van der Waals surface area contributed by atoms with Crippen LogP contribution in [0, 0.1) is 0 Å². The predicted octanol–water partition coefficient (Wildman–Crippen LogP) is 5.24. The summed E-state index contributed by atoms with van der Waals surface area (Å²) in [5.41, 5.74) is 0.632. The lowest BCUT2D eigenvalue weighted by atomic mass is 10.4. The molecule has 0 aliphatic heterocycles. The Labute approximate surface area is 148 Å². The van der Waals surface area contributed by atoms with Crippen molar-refractivity contribution in [3.63, 3.8) is 0 Å². The Balaban J connectivity index is -0.0000000687. The van der Waals surface area contributed by atoms with Crippen molar-refractivity contribution in [2.75, 3.05) is 13.2 Å². The fraction of sp³-hybridized carbons (Fsp3) is 0.200. The van der Waals surface area contributed by atoms with Crippen LogP contribution in [0.4, 0.5) is 0 Å². The Morgan fingerprint density at radius 1 is 0.583 bits per heavy atom. The molecule has 0 heterocycles. The van der Waals surface area contributed by atoms with E-state index in [1.54, 1.807) is 13.8 Å². The minimum atomic E-state index is -0.489. The quantitative estimate of drug-likeness (QED) is 0.298. The highest BCUT2D eigenvalue weighted by molar-refractivity contribution is 5.87. The van der Waals surface area contributed by atoms with Crippen molar-refractivity contribution < 1.29 is 19.1 Å². The van der Waals surface area contributed by atoms with Crippen molar-refractivity contribution in [1.82, 2.24) is 0 Å². The van der Waals surface area contributed by atoms with Crippen LogP contribution < -0.4 is 0 Å². The SMILES string of the molecule is C=C.C=C.C=C.C=C.C=C.C=C(C)C(=O)OCCOC(=O)C(=C)C. The van der Waals surface area contributed by atoms with Gasteiger partial charge in [-0.15, -0.1) is 65.8 Å². The minimum absolute atomic E-state index is 0.0325. The Morgan fingerprint density at radius 3 is 0.875 bits per heavy atom. The van der Waals surface area contributed by atoms with E-state index >= 15 is 0 Å². The molecule has 0 unspecified atom stereocenters. The number of ether oxygens (including phenoxy) is 2. The molecule has 0 rings (SSSR count). The van der Waals surface area contributed by atoms with Crippen molar-refractivity contribution in [1.29, 1.82) is 0 Å². The first-order valence-electron chi connectivity index (χ1n) is 6.60. The van der Waals surface area contributed by atoms with Gasteiger partial charge in [0.15, 0.2) is 0 Å². The third kappa shape index (κ3) is 42.7. The zero-order valence-corrected chi connectivity index (χ0v) is 15.5. The summed E-state index contributed by atoms with van der Waals surface area (Å²) in [5, 5.41) is 0. The summed E-state index contributed by atoms with van der Waals surface area (Å²) in [4.78, 5) is 21.7. The zero-order valence-electron chi connectivity index (χ0n) is 15.5. The molecular weight excluding hydrogens is 304 g/mol. The predicted molar refractivity (Wildman–Crippen MR) is 108 cm³/mol. The second kappa shape index (κ2) is 42.7. The van der Waals surface area contributed by atoms with E-state index in [1.807, 2.05) is 0 Å². The van der Waals surface area contributed by atoms with E-state index in [-0.39, 0.29) is 13.2 Å². The minimum Gasteiger partial charge on any atom is -0.459 e. The molecule has 24 heavy (non-hydrogen) atoms. The van der Waals surface area contributed by atoms with Crippen LogP contribution in [0.5, 0.6) is 0 Å². The summed E-state index contributed by atoms with van der Waals surface area (Å²) in [7, 11) is 0.